The number of aliphatic hydroxyl groups is 1. The van der Waals surface area contributed by atoms with Gasteiger partial charge >= 0.3 is 5.97 Å². The van der Waals surface area contributed by atoms with Crippen LogP contribution in [0.25, 0.3) is 0 Å². The van der Waals surface area contributed by atoms with Gasteiger partial charge in [0, 0.05) is 5.25 Å². The van der Waals surface area contributed by atoms with Crippen molar-refractivity contribution in [2.24, 2.45) is 0 Å². The molecule has 2 N–H and O–H groups in total. The van der Waals surface area contributed by atoms with E-state index in [1.807, 2.05) is 6.92 Å². The van der Waals surface area contributed by atoms with E-state index in [0.717, 1.165) is 12.2 Å². The van der Waals surface area contributed by atoms with Gasteiger partial charge in [0.25, 0.3) is 0 Å². The first-order chi connectivity index (χ1) is 7.52. The Labute approximate surface area is 102 Å². The molecule has 96 valence electrons. The van der Waals surface area contributed by atoms with Crippen LogP contribution in [-0.2, 0) is 9.53 Å². The lowest BCUT2D eigenvalue weighted by Gasteiger charge is -2.17. The molecule has 0 aromatic heterocycles. The van der Waals surface area contributed by atoms with Gasteiger partial charge in [0.05, 0.1) is 12.7 Å². The average Bonchev–Trinajstić information content (AvgIpc) is 2.24. The predicted molar refractivity (Wildman–Crippen MR) is 67.7 cm³/mol. The molecule has 0 heterocycles. The van der Waals surface area contributed by atoms with Crippen LogP contribution in [-0.4, -0.2) is 47.9 Å². The van der Waals surface area contributed by atoms with Gasteiger partial charge < -0.3 is 15.2 Å². The fourth-order valence-electron chi connectivity index (χ4n) is 1.13. The van der Waals surface area contributed by atoms with Crippen LogP contribution in [0.15, 0.2) is 0 Å². The lowest BCUT2D eigenvalue weighted by atomic mass is 10.2. The molecule has 0 aliphatic carbocycles. The molecule has 0 radical (unpaired) electrons. The number of esters is 1. The van der Waals surface area contributed by atoms with Crippen molar-refractivity contribution in [2.45, 2.75) is 44.6 Å². The van der Waals surface area contributed by atoms with Crippen molar-refractivity contribution in [1.29, 1.82) is 0 Å². The zero-order valence-electron chi connectivity index (χ0n) is 10.5. The maximum atomic E-state index is 11.4. The van der Waals surface area contributed by atoms with Gasteiger partial charge in [0.1, 0.15) is 6.04 Å². The van der Waals surface area contributed by atoms with Crippen molar-refractivity contribution in [3.63, 3.8) is 0 Å². The maximum Gasteiger partial charge on any atom is 0.323 e. The van der Waals surface area contributed by atoms with E-state index in [2.05, 4.69) is 5.32 Å². The number of hydrogen-bond donors (Lipinski definition) is 2. The molecule has 0 aliphatic heterocycles. The van der Waals surface area contributed by atoms with Crippen LogP contribution in [0.5, 0.6) is 0 Å². The number of rotatable bonds is 8. The van der Waals surface area contributed by atoms with Crippen LogP contribution in [0, 0.1) is 0 Å². The molecule has 3 atom stereocenters. The standard InChI is InChI=1S/C11H23NO3S/c1-5-15-11(14)10(12-4)6-7-16-9(3)8(2)13/h8-10,12-13H,5-7H2,1-4H3. The summed E-state index contributed by atoms with van der Waals surface area (Å²) in [6, 6.07) is -0.242. The molecule has 0 bridgehead atoms. The average molecular weight is 249 g/mol. The Balaban J connectivity index is 3.83. The normalized spacial score (nSPS) is 16.6. The van der Waals surface area contributed by atoms with E-state index in [4.69, 9.17) is 4.74 Å². The first-order valence-corrected chi connectivity index (χ1v) is 6.71. The molecule has 3 unspecified atom stereocenters. The second kappa shape index (κ2) is 8.84. The number of carbonyl (C=O) groups is 1. The summed E-state index contributed by atoms with van der Waals surface area (Å²) in [7, 11) is 1.75. The summed E-state index contributed by atoms with van der Waals surface area (Å²) in [6.45, 7) is 5.97. The Morgan fingerprint density at radius 2 is 2.12 bits per heavy atom. The second-order valence-electron chi connectivity index (χ2n) is 3.70. The molecule has 16 heavy (non-hydrogen) atoms. The van der Waals surface area contributed by atoms with Crippen molar-refractivity contribution >= 4 is 17.7 Å². The number of nitrogens with one attached hydrogen (secondary N) is 1. The van der Waals surface area contributed by atoms with Crippen molar-refractivity contribution in [3.05, 3.63) is 0 Å². The zero-order chi connectivity index (χ0) is 12.6. The third-order valence-electron chi connectivity index (χ3n) is 2.39. The number of hydrogen-bond acceptors (Lipinski definition) is 5. The molecule has 0 fully saturated rings. The van der Waals surface area contributed by atoms with E-state index in [1.165, 1.54) is 0 Å². The summed E-state index contributed by atoms with van der Waals surface area (Å²) in [5.74, 6) is 0.631. The first-order valence-electron chi connectivity index (χ1n) is 5.66. The molecular formula is C11H23NO3S. The molecule has 0 amide bonds. The second-order valence-corrected chi connectivity index (χ2v) is 5.18. The first kappa shape index (κ1) is 15.7. The predicted octanol–water partition coefficient (Wildman–Crippen LogP) is 1.03. The van der Waals surface area contributed by atoms with Crippen LogP contribution in [0.2, 0.25) is 0 Å². The third-order valence-corrected chi connectivity index (χ3v) is 3.78. The lowest BCUT2D eigenvalue weighted by molar-refractivity contribution is -0.145. The van der Waals surface area contributed by atoms with Crippen molar-refractivity contribution in [2.75, 3.05) is 19.4 Å². The molecule has 0 saturated carbocycles. The fourth-order valence-corrected chi connectivity index (χ4v) is 2.16. The van der Waals surface area contributed by atoms with Gasteiger partial charge in [-0.1, -0.05) is 6.92 Å². The highest BCUT2D eigenvalue weighted by molar-refractivity contribution is 7.99. The Morgan fingerprint density at radius 1 is 1.50 bits per heavy atom. The van der Waals surface area contributed by atoms with Gasteiger partial charge in [-0.05, 0) is 33.1 Å². The summed E-state index contributed by atoms with van der Waals surface area (Å²) in [4.78, 5) is 11.4. The van der Waals surface area contributed by atoms with Crippen LogP contribution in [0.4, 0.5) is 0 Å². The third kappa shape index (κ3) is 6.35. The minimum Gasteiger partial charge on any atom is -0.465 e. The monoisotopic (exact) mass is 249 g/mol. The number of aliphatic hydroxyl groups excluding tert-OH is 1. The van der Waals surface area contributed by atoms with Crippen LogP contribution < -0.4 is 5.32 Å². The number of likely N-dealkylation sites (N-methyl/N-ethyl adjacent to an activating group) is 1. The van der Waals surface area contributed by atoms with Crippen LogP contribution in [0.1, 0.15) is 27.2 Å². The highest BCUT2D eigenvalue weighted by atomic mass is 32.2. The highest BCUT2D eigenvalue weighted by Gasteiger charge is 2.18. The summed E-state index contributed by atoms with van der Waals surface area (Å²) in [5.41, 5.74) is 0. The largest absolute Gasteiger partial charge is 0.465 e. The number of ether oxygens (including phenoxy) is 1. The molecule has 0 rings (SSSR count). The topological polar surface area (TPSA) is 58.6 Å². The van der Waals surface area contributed by atoms with Crippen molar-refractivity contribution in [1.82, 2.24) is 5.32 Å². The van der Waals surface area contributed by atoms with Gasteiger partial charge in [0.2, 0.25) is 0 Å². The van der Waals surface area contributed by atoms with Gasteiger partial charge in [0.15, 0.2) is 0 Å². The quantitative estimate of drug-likeness (QED) is 0.629. The van der Waals surface area contributed by atoms with Crippen LogP contribution >= 0.6 is 11.8 Å². The van der Waals surface area contributed by atoms with E-state index < -0.39 is 0 Å². The summed E-state index contributed by atoms with van der Waals surface area (Å²) >= 11 is 1.67. The smallest absolute Gasteiger partial charge is 0.323 e. The summed E-state index contributed by atoms with van der Waals surface area (Å²) in [5, 5.41) is 12.4. The van der Waals surface area contributed by atoms with Gasteiger partial charge in [-0.3, -0.25) is 4.79 Å². The molecule has 0 saturated heterocycles. The van der Waals surface area contributed by atoms with E-state index >= 15 is 0 Å². The minimum atomic E-state index is -0.319. The van der Waals surface area contributed by atoms with Crippen LogP contribution in [0.3, 0.4) is 0 Å². The zero-order valence-corrected chi connectivity index (χ0v) is 11.3. The van der Waals surface area contributed by atoms with E-state index in [-0.39, 0.29) is 23.4 Å². The van der Waals surface area contributed by atoms with Gasteiger partial charge in [-0.25, -0.2) is 0 Å². The molecule has 0 aromatic rings. The van der Waals surface area contributed by atoms with Gasteiger partial charge in [-0.2, -0.15) is 11.8 Å². The van der Waals surface area contributed by atoms with E-state index in [0.29, 0.717) is 6.61 Å². The van der Waals surface area contributed by atoms with Crippen molar-refractivity contribution < 1.29 is 14.6 Å². The molecule has 0 aliphatic rings. The fraction of sp³-hybridized carbons (Fsp3) is 0.909. The maximum absolute atomic E-state index is 11.4. The molecular weight excluding hydrogens is 226 g/mol. The van der Waals surface area contributed by atoms with E-state index in [1.54, 1.807) is 32.7 Å². The number of carbonyl (C=O) groups excluding carboxylic acids is 1. The van der Waals surface area contributed by atoms with E-state index in [9.17, 15) is 9.90 Å². The molecule has 0 spiro atoms. The van der Waals surface area contributed by atoms with Gasteiger partial charge in [-0.15, -0.1) is 0 Å². The molecule has 4 nitrogen and oxygen atoms in total. The minimum absolute atomic E-state index is 0.194. The Kier molecular flexibility index (Phi) is 8.70. The molecule has 5 heteroatoms. The lowest BCUT2D eigenvalue weighted by Crippen LogP contribution is -2.36. The highest BCUT2D eigenvalue weighted by Crippen LogP contribution is 2.16. The summed E-state index contributed by atoms with van der Waals surface area (Å²) in [6.07, 6.45) is 0.400. The Morgan fingerprint density at radius 3 is 2.56 bits per heavy atom. The SMILES string of the molecule is CCOC(=O)C(CCSC(C)C(C)O)NC. The number of thioether (sulfide) groups is 1. The Hall–Kier alpha value is -0.260. The Bertz CT molecular complexity index is 200. The van der Waals surface area contributed by atoms with Crippen molar-refractivity contribution in [3.8, 4) is 0 Å². The summed E-state index contributed by atoms with van der Waals surface area (Å²) < 4.78 is 4.94. The molecule has 0 aromatic carbocycles.